The molecule has 0 bridgehead atoms. The number of nitrogens with one attached hydrogen (secondary N) is 1. The van der Waals surface area contributed by atoms with Crippen molar-refractivity contribution in [1.82, 2.24) is 10.2 Å². The molecule has 1 amide bonds. The summed E-state index contributed by atoms with van der Waals surface area (Å²) in [6.07, 6.45) is 2.65. The summed E-state index contributed by atoms with van der Waals surface area (Å²) in [4.78, 5) is 49.1. The smallest absolute Gasteiger partial charge is 0.325 e. The highest BCUT2D eigenvalue weighted by Gasteiger charge is 2.18. The largest absolute Gasteiger partial charge is 0.469 e. The Bertz CT molecular complexity index is 1670. The zero-order valence-corrected chi connectivity index (χ0v) is 30.2. The molecular weight excluding hydrogens is 756 g/mol. The second-order valence-corrected chi connectivity index (χ2v) is 12.2. The Labute approximate surface area is 303 Å². The topological polar surface area (TPSA) is 111 Å². The molecule has 256 valence electrons. The van der Waals surface area contributed by atoms with Crippen LogP contribution < -0.4 is 5.32 Å². The van der Waals surface area contributed by atoms with Crippen molar-refractivity contribution in [3.8, 4) is 0 Å². The van der Waals surface area contributed by atoms with Crippen molar-refractivity contribution in [3.63, 3.8) is 0 Å². The molecule has 4 rings (SSSR count). The van der Waals surface area contributed by atoms with Gasteiger partial charge in [-0.2, -0.15) is 0 Å². The quantitative estimate of drug-likeness (QED) is 0.0785. The molecule has 0 unspecified atom stereocenters. The number of halogens is 2. The van der Waals surface area contributed by atoms with Crippen LogP contribution in [-0.4, -0.2) is 48.9 Å². The molecular formula is C38H38Br2N2O7. The third-order valence-electron chi connectivity index (χ3n) is 6.75. The first-order valence-corrected chi connectivity index (χ1v) is 16.9. The summed E-state index contributed by atoms with van der Waals surface area (Å²) < 4.78 is 16.9. The molecule has 0 aliphatic rings. The van der Waals surface area contributed by atoms with Crippen molar-refractivity contribution >= 4 is 55.7 Å². The predicted octanol–water partition coefficient (Wildman–Crippen LogP) is 6.92. The highest BCUT2D eigenvalue weighted by Crippen LogP contribution is 2.18. The van der Waals surface area contributed by atoms with E-state index < -0.39 is 17.8 Å². The summed E-state index contributed by atoms with van der Waals surface area (Å²) in [5.74, 6) is -1.62. The molecule has 0 aromatic heterocycles. The minimum Gasteiger partial charge on any atom is -0.469 e. The molecule has 0 radical (unpaired) electrons. The van der Waals surface area contributed by atoms with Gasteiger partial charge in [0.2, 0.25) is 5.91 Å². The van der Waals surface area contributed by atoms with Crippen molar-refractivity contribution < 1.29 is 33.4 Å². The summed E-state index contributed by atoms with van der Waals surface area (Å²) in [6.45, 7) is 1.28. The minimum atomic E-state index is -0.518. The number of nitrogens with zero attached hydrogens (tertiary/aromatic N) is 1. The van der Waals surface area contributed by atoms with Crippen molar-refractivity contribution in [1.29, 1.82) is 0 Å². The van der Waals surface area contributed by atoms with Gasteiger partial charge in [0.05, 0.1) is 20.1 Å². The van der Waals surface area contributed by atoms with Crippen molar-refractivity contribution in [2.45, 2.75) is 32.7 Å². The number of hydrogen-bond donors (Lipinski definition) is 1. The summed E-state index contributed by atoms with van der Waals surface area (Å²) in [6, 6.07) is 34.3. The van der Waals surface area contributed by atoms with Gasteiger partial charge in [-0.25, -0.2) is 0 Å². The van der Waals surface area contributed by atoms with Gasteiger partial charge < -0.3 is 24.4 Å². The Morgan fingerprint density at radius 3 is 1.73 bits per heavy atom. The fourth-order valence-corrected chi connectivity index (χ4v) is 4.99. The third-order valence-corrected chi connectivity index (χ3v) is 8.30. The maximum Gasteiger partial charge on any atom is 0.325 e. The molecule has 0 heterocycles. The number of methoxy groups -OCH3 is 1. The molecule has 1 N–H and O–H groups in total. The average Bonchev–Trinajstić information content (AvgIpc) is 3.12. The molecule has 0 fully saturated rings. The van der Waals surface area contributed by atoms with Crippen molar-refractivity contribution in [3.05, 3.63) is 153 Å². The van der Waals surface area contributed by atoms with Crippen LogP contribution in [0.2, 0.25) is 0 Å². The second kappa shape index (κ2) is 22.1. The lowest BCUT2D eigenvalue weighted by molar-refractivity contribution is -0.149. The lowest BCUT2D eigenvalue weighted by Crippen LogP contribution is -2.35. The standard InChI is InChI=1S/C22H22BrNO5.C16H16BrNO2/c1-28-21(26)13-7-12-20(25)24(14-18-10-5-6-11-19(18)23)15-22(27)29-16-17-8-3-2-4-9-17;17-15-9-5-4-8-14(15)10-18-11-16(19)20-12-13-6-2-1-3-7-13/h2-12H,13-16H2,1H3;1-9,18H,10-12H2. The van der Waals surface area contributed by atoms with Gasteiger partial charge in [0.15, 0.2) is 0 Å². The molecule has 11 heteroatoms. The number of amides is 1. The first kappa shape index (κ1) is 38.9. The Morgan fingerprint density at radius 1 is 0.673 bits per heavy atom. The molecule has 4 aromatic rings. The Hall–Kier alpha value is -4.58. The Kier molecular flexibility index (Phi) is 17.6. The summed E-state index contributed by atoms with van der Waals surface area (Å²) in [5.41, 5.74) is 3.82. The molecule has 0 saturated heterocycles. The Balaban J connectivity index is 0.000000284. The van der Waals surface area contributed by atoms with Crippen LogP contribution in [0.3, 0.4) is 0 Å². The molecule has 4 aromatic carbocycles. The fourth-order valence-electron chi connectivity index (χ4n) is 4.16. The maximum absolute atomic E-state index is 12.6. The van der Waals surface area contributed by atoms with Gasteiger partial charge in [-0.1, -0.05) is 135 Å². The van der Waals surface area contributed by atoms with Gasteiger partial charge in [-0.05, 0) is 40.5 Å². The third kappa shape index (κ3) is 15.5. The van der Waals surface area contributed by atoms with E-state index >= 15 is 0 Å². The van der Waals surface area contributed by atoms with Crippen LogP contribution in [0.15, 0.2) is 130 Å². The molecule has 0 aliphatic heterocycles. The minimum absolute atomic E-state index is 0.0242. The van der Waals surface area contributed by atoms with E-state index in [2.05, 4.69) is 41.9 Å². The zero-order chi connectivity index (χ0) is 35.3. The predicted molar refractivity (Wildman–Crippen MR) is 194 cm³/mol. The van der Waals surface area contributed by atoms with E-state index in [9.17, 15) is 19.2 Å². The van der Waals surface area contributed by atoms with Gasteiger partial charge in [0.1, 0.15) is 19.8 Å². The van der Waals surface area contributed by atoms with Crippen LogP contribution in [0.1, 0.15) is 28.7 Å². The monoisotopic (exact) mass is 792 g/mol. The first-order valence-electron chi connectivity index (χ1n) is 15.3. The number of hydrogen-bond acceptors (Lipinski definition) is 8. The molecule has 0 saturated carbocycles. The van der Waals surface area contributed by atoms with Crippen LogP contribution in [0.25, 0.3) is 0 Å². The van der Waals surface area contributed by atoms with Crippen LogP contribution in [0, 0.1) is 0 Å². The number of rotatable bonds is 15. The molecule has 0 spiro atoms. The number of carbonyl (C=O) groups is 4. The van der Waals surface area contributed by atoms with Gasteiger partial charge >= 0.3 is 17.9 Å². The first-order chi connectivity index (χ1) is 23.7. The van der Waals surface area contributed by atoms with Crippen molar-refractivity contribution in [2.75, 3.05) is 20.2 Å². The lowest BCUT2D eigenvalue weighted by atomic mass is 10.2. The van der Waals surface area contributed by atoms with E-state index in [-0.39, 0.29) is 38.6 Å². The van der Waals surface area contributed by atoms with E-state index in [1.807, 2.05) is 109 Å². The normalized spacial score (nSPS) is 10.4. The number of esters is 3. The van der Waals surface area contributed by atoms with Gasteiger partial charge in [0.25, 0.3) is 0 Å². The van der Waals surface area contributed by atoms with Gasteiger partial charge in [-0.3, -0.25) is 19.2 Å². The van der Waals surface area contributed by atoms with Crippen molar-refractivity contribution in [2.24, 2.45) is 0 Å². The van der Waals surface area contributed by atoms with E-state index in [0.29, 0.717) is 13.2 Å². The highest BCUT2D eigenvalue weighted by molar-refractivity contribution is 9.10. The average molecular weight is 795 g/mol. The molecule has 0 aliphatic carbocycles. The van der Waals surface area contributed by atoms with Crippen LogP contribution >= 0.6 is 31.9 Å². The summed E-state index contributed by atoms with van der Waals surface area (Å²) >= 11 is 6.92. The number of carbonyl (C=O) groups excluding carboxylic acids is 4. The molecule has 49 heavy (non-hydrogen) atoms. The lowest BCUT2D eigenvalue weighted by Gasteiger charge is -2.21. The second-order valence-electron chi connectivity index (χ2n) is 10.5. The summed E-state index contributed by atoms with van der Waals surface area (Å²) in [5, 5.41) is 3.07. The van der Waals surface area contributed by atoms with E-state index in [0.717, 1.165) is 31.2 Å². The van der Waals surface area contributed by atoms with E-state index in [1.54, 1.807) is 0 Å². The van der Waals surface area contributed by atoms with Crippen LogP contribution in [0.5, 0.6) is 0 Å². The number of benzene rings is 4. The SMILES string of the molecule is COC(=O)CC=CC(=O)N(CC(=O)OCc1ccccc1)Cc1ccccc1Br.O=C(CNCc1ccccc1Br)OCc1ccccc1. The van der Waals surface area contributed by atoms with Gasteiger partial charge in [0, 0.05) is 22.0 Å². The van der Waals surface area contributed by atoms with Gasteiger partial charge in [-0.15, -0.1) is 0 Å². The van der Waals surface area contributed by atoms with Crippen LogP contribution in [-0.2, 0) is 59.7 Å². The Morgan fingerprint density at radius 2 is 1.18 bits per heavy atom. The fraction of sp³-hybridized carbons (Fsp3) is 0.211. The maximum atomic E-state index is 12.6. The zero-order valence-electron chi connectivity index (χ0n) is 27.1. The number of ether oxygens (including phenoxy) is 3. The van der Waals surface area contributed by atoms with Crippen LogP contribution in [0.4, 0.5) is 0 Å². The molecule has 9 nitrogen and oxygen atoms in total. The van der Waals surface area contributed by atoms with E-state index in [1.165, 1.54) is 24.2 Å². The highest BCUT2D eigenvalue weighted by atomic mass is 79.9. The summed E-state index contributed by atoms with van der Waals surface area (Å²) in [7, 11) is 1.28. The molecule has 0 atom stereocenters. The van der Waals surface area contributed by atoms with E-state index in [4.69, 9.17) is 9.47 Å².